The molecule has 2 nitrogen and oxygen atoms in total. The number of benzene rings is 1. The van der Waals surface area contributed by atoms with E-state index in [1.54, 1.807) is 0 Å². The van der Waals surface area contributed by atoms with Crippen LogP contribution in [-0.2, 0) is 0 Å². The van der Waals surface area contributed by atoms with Crippen LogP contribution in [-0.4, -0.2) is 28.6 Å². The topological polar surface area (TPSA) is 23.5 Å². The maximum absolute atomic E-state index is 11.0. The number of hydrogen-bond acceptors (Lipinski definition) is 2. The van der Waals surface area contributed by atoms with E-state index in [1.165, 1.54) is 44.3 Å². The first-order chi connectivity index (χ1) is 9.22. The van der Waals surface area contributed by atoms with Crippen LogP contribution in [0.2, 0.25) is 0 Å². The molecule has 2 aliphatic rings. The normalized spacial score (nSPS) is 24.7. The maximum atomic E-state index is 11.0. The summed E-state index contributed by atoms with van der Waals surface area (Å²) >= 11 is 0. The lowest BCUT2D eigenvalue weighted by Crippen LogP contribution is -2.49. The molecule has 1 N–H and O–H groups in total. The Bertz CT molecular complexity index is 431. The van der Waals surface area contributed by atoms with Crippen LogP contribution in [0.3, 0.4) is 0 Å². The number of aliphatic hydroxyl groups is 1. The van der Waals surface area contributed by atoms with Gasteiger partial charge in [0.25, 0.3) is 0 Å². The second-order valence-corrected chi connectivity index (χ2v) is 6.32. The van der Waals surface area contributed by atoms with Gasteiger partial charge in [0.15, 0.2) is 0 Å². The van der Waals surface area contributed by atoms with Gasteiger partial charge in [-0.15, -0.1) is 0 Å². The highest BCUT2D eigenvalue weighted by Gasteiger charge is 2.46. The molecule has 19 heavy (non-hydrogen) atoms. The fraction of sp³-hybridized carbons (Fsp3) is 0.647. The van der Waals surface area contributed by atoms with E-state index in [9.17, 15) is 5.11 Å². The fourth-order valence-electron chi connectivity index (χ4n) is 4.06. The van der Waals surface area contributed by atoms with Crippen molar-refractivity contribution in [3.05, 3.63) is 35.4 Å². The molecule has 0 spiro atoms. The monoisotopic (exact) mass is 259 g/mol. The molecular formula is C17H25NO. The van der Waals surface area contributed by atoms with Gasteiger partial charge in [-0.2, -0.15) is 0 Å². The lowest BCUT2D eigenvalue weighted by atomic mass is 9.84. The smallest absolute Gasteiger partial charge is 0.0973 e. The standard InChI is InChI=1S/C17H25NO/c1-14-7-6-8-15(13-14)16(19)17(9-2-3-10-17)18-11-4-5-12-18/h6-8,13,16,19H,2-5,9-12H2,1H3. The molecular weight excluding hydrogens is 234 g/mol. The summed E-state index contributed by atoms with van der Waals surface area (Å²) in [6.07, 6.45) is 7.10. The van der Waals surface area contributed by atoms with Gasteiger partial charge in [0.05, 0.1) is 11.6 Å². The SMILES string of the molecule is Cc1cccc(C(O)C2(N3CCCC3)CCCC2)c1. The molecule has 0 bridgehead atoms. The van der Waals surface area contributed by atoms with Crippen molar-refractivity contribution in [2.75, 3.05) is 13.1 Å². The summed E-state index contributed by atoms with van der Waals surface area (Å²) in [7, 11) is 0. The lowest BCUT2D eigenvalue weighted by Gasteiger charge is -2.43. The molecule has 1 unspecified atom stereocenters. The van der Waals surface area contributed by atoms with Crippen molar-refractivity contribution in [1.82, 2.24) is 4.90 Å². The number of likely N-dealkylation sites (tertiary alicyclic amines) is 1. The van der Waals surface area contributed by atoms with Crippen molar-refractivity contribution in [3.63, 3.8) is 0 Å². The molecule has 3 rings (SSSR count). The molecule has 1 atom stereocenters. The van der Waals surface area contributed by atoms with Gasteiger partial charge >= 0.3 is 0 Å². The molecule has 1 saturated heterocycles. The zero-order valence-electron chi connectivity index (χ0n) is 11.9. The Hall–Kier alpha value is -0.860. The molecule has 1 aliphatic heterocycles. The third-order valence-electron chi connectivity index (χ3n) is 5.07. The first-order valence-electron chi connectivity index (χ1n) is 7.72. The Morgan fingerprint density at radius 2 is 1.79 bits per heavy atom. The summed E-state index contributed by atoms with van der Waals surface area (Å²) in [5.41, 5.74) is 2.37. The summed E-state index contributed by atoms with van der Waals surface area (Å²) in [5.74, 6) is 0. The van der Waals surface area contributed by atoms with E-state index in [1.807, 2.05) is 0 Å². The molecule has 104 valence electrons. The van der Waals surface area contributed by atoms with E-state index < -0.39 is 0 Å². The van der Waals surface area contributed by atoms with Crippen LogP contribution in [0.15, 0.2) is 24.3 Å². The fourth-order valence-corrected chi connectivity index (χ4v) is 4.06. The van der Waals surface area contributed by atoms with Gasteiger partial charge in [-0.1, -0.05) is 42.7 Å². The Morgan fingerprint density at radius 1 is 1.11 bits per heavy atom. The highest BCUT2D eigenvalue weighted by Crippen LogP contribution is 2.45. The third-order valence-corrected chi connectivity index (χ3v) is 5.07. The quantitative estimate of drug-likeness (QED) is 0.899. The van der Waals surface area contributed by atoms with Crippen molar-refractivity contribution >= 4 is 0 Å². The van der Waals surface area contributed by atoms with Gasteiger partial charge in [-0.25, -0.2) is 0 Å². The van der Waals surface area contributed by atoms with E-state index in [-0.39, 0.29) is 11.6 Å². The Kier molecular flexibility index (Phi) is 3.64. The molecule has 1 aromatic rings. The third kappa shape index (κ3) is 2.32. The van der Waals surface area contributed by atoms with Crippen molar-refractivity contribution in [1.29, 1.82) is 0 Å². The minimum atomic E-state index is -0.326. The van der Waals surface area contributed by atoms with Gasteiger partial charge in [0.1, 0.15) is 0 Å². The maximum Gasteiger partial charge on any atom is 0.0973 e. The van der Waals surface area contributed by atoms with E-state index in [0.717, 1.165) is 18.4 Å². The predicted octanol–water partition coefficient (Wildman–Crippen LogP) is 3.44. The summed E-state index contributed by atoms with van der Waals surface area (Å²) in [4.78, 5) is 2.58. The van der Waals surface area contributed by atoms with Crippen molar-refractivity contribution in [2.24, 2.45) is 0 Å². The Labute approximate surface area is 116 Å². The van der Waals surface area contributed by atoms with Crippen LogP contribution in [0, 0.1) is 6.92 Å². The second kappa shape index (κ2) is 5.26. The minimum absolute atomic E-state index is 0.0181. The van der Waals surface area contributed by atoms with Crippen LogP contribution in [0.4, 0.5) is 0 Å². The molecule has 0 aromatic heterocycles. The summed E-state index contributed by atoms with van der Waals surface area (Å²) in [6, 6.07) is 8.42. The van der Waals surface area contributed by atoms with Crippen molar-refractivity contribution in [2.45, 2.75) is 57.1 Å². The van der Waals surface area contributed by atoms with Crippen LogP contribution in [0.25, 0.3) is 0 Å². The summed E-state index contributed by atoms with van der Waals surface area (Å²) < 4.78 is 0. The Balaban J connectivity index is 1.91. The van der Waals surface area contributed by atoms with Gasteiger partial charge in [0.2, 0.25) is 0 Å². The predicted molar refractivity (Wildman–Crippen MR) is 78.1 cm³/mol. The largest absolute Gasteiger partial charge is 0.386 e. The van der Waals surface area contributed by atoms with Crippen molar-refractivity contribution < 1.29 is 5.11 Å². The summed E-state index contributed by atoms with van der Waals surface area (Å²) in [5, 5.41) is 11.0. The van der Waals surface area contributed by atoms with E-state index in [0.29, 0.717) is 0 Å². The zero-order valence-corrected chi connectivity index (χ0v) is 11.9. The zero-order chi connectivity index (χ0) is 13.3. The first-order valence-corrected chi connectivity index (χ1v) is 7.72. The highest BCUT2D eigenvalue weighted by molar-refractivity contribution is 5.27. The molecule has 0 radical (unpaired) electrons. The molecule has 1 aromatic carbocycles. The molecule has 1 heterocycles. The lowest BCUT2D eigenvalue weighted by molar-refractivity contribution is -0.0195. The average Bonchev–Trinajstić information content (AvgIpc) is 3.09. The minimum Gasteiger partial charge on any atom is -0.386 e. The van der Waals surface area contributed by atoms with Crippen LogP contribution < -0.4 is 0 Å². The molecule has 1 aliphatic carbocycles. The van der Waals surface area contributed by atoms with E-state index >= 15 is 0 Å². The average molecular weight is 259 g/mol. The molecule has 0 amide bonds. The second-order valence-electron chi connectivity index (χ2n) is 6.32. The van der Waals surface area contributed by atoms with Crippen LogP contribution in [0.5, 0.6) is 0 Å². The van der Waals surface area contributed by atoms with Crippen molar-refractivity contribution in [3.8, 4) is 0 Å². The highest BCUT2D eigenvalue weighted by atomic mass is 16.3. The number of aryl methyl sites for hydroxylation is 1. The van der Waals surface area contributed by atoms with Gasteiger partial charge < -0.3 is 5.11 Å². The van der Waals surface area contributed by atoms with Gasteiger partial charge in [-0.3, -0.25) is 4.90 Å². The van der Waals surface area contributed by atoms with Crippen LogP contribution >= 0.6 is 0 Å². The Morgan fingerprint density at radius 3 is 2.42 bits per heavy atom. The van der Waals surface area contributed by atoms with E-state index in [2.05, 4.69) is 36.1 Å². The molecule has 2 heteroatoms. The van der Waals surface area contributed by atoms with Gasteiger partial charge in [0, 0.05) is 0 Å². The number of hydrogen-bond donors (Lipinski definition) is 1. The number of aliphatic hydroxyl groups excluding tert-OH is 1. The molecule has 2 fully saturated rings. The van der Waals surface area contributed by atoms with E-state index in [4.69, 9.17) is 0 Å². The number of nitrogens with zero attached hydrogens (tertiary/aromatic N) is 1. The first kappa shape index (κ1) is 13.1. The van der Waals surface area contributed by atoms with Crippen LogP contribution in [0.1, 0.15) is 55.8 Å². The number of rotatable bonds is 3. The van der Waals surface area contributed by atoms with Gasteiger partial charge in [-0.05, 0) is 51.3 Å². The summed E-state index contributed by atoms with van der Waals surface area (Å²) in [6.45, 7) is 4.44. The molecule has 1 saturated carbocycles.